The molecule has 17 heavy (non-hydrogen) atoms. The van der Waals surface area contributed by atoms with Gasteiger partial charge in [0.1, 0.15) is 5.82 Å². The van der Waals surface area contributed by atoms with Gasteiger partial charge in [0.2, 0.25) is 0 Å². The van der Waals surface area contributed by atoms with Crippen LogP contribution in [0.3, 0.4) is 0 Å². The maximum Gasteiger partial charge on any atom is 0.471 e. The fourth-order valence-electron chi connectivity index (χ4n) is 0.987. The molecule has 0 fully saturated rings. The van der Waals surface area contributed by atoms with Crippen molar-refractivity contribution in [1.82, 2.24) is 0 Å². The number of hydrogen-bond acceptors (Lipinski definition) is 2. The molecule has 0 atom stereocenters. The minimum atomic E-state index is -5.13. The van der Waals surface area contributed by atoms with E-state index in [9.17, 15) is 27.2 Å². The number of carbonyl (C=O) groups excluding carboxylic acids is 1. The molecule has 1 aromatic rings. The fourth-order valence-corrected chi connectivity index (χ4v) is 0.987. The van der Waals surface area contributed by atoms with E-state index in [2.05, 4.69) is 0 Å². The number of benzene rings is 1. The second-order valence-corrected chi connectivity index (χ2v) is 2.99. The van der Waals surface area contributed by atoms with E-state index >= 15 is 0 Å². The molecular weight excluding hydrogens is 246 g/mol. The van der Waals surface area contributed by atoms with Gasteiger partial charge in [-0.25, -0.2) is 9.18 Å². The second-order valence-electron chi connectivity index (χ2n) is 2.99. The Hall–Kier alpha value is -2.12. The van der Waals surface area contributed by atoms with Crippen LogP contribution in [-0.2, 0) is 4.79 Å². The molecule has 0 aromatic heterocycles. The number of anilines is 1. The van der Waals surface area contributed by atoms with E-state index in [1.165, 1.54) is 5.32 Å². The third kappa shape index (κ3) is 3.44. The molecule has 0 unspecified atom stereocenters. The number of nitrogens with one attached hydrogen (secondary N) is 1. The predicted octanol–water partition coefficient (Wildman–Crippen LogP) is 2.02. The number of carboxylic acid groups (broad SMARTS) is 1. The van der Waals surface area contributed by atoms with Crippen LogP contribution in [0.15, 0.2) is 18.2 Å². The van der Waals surface area contributed by atoms with Crippen LogP contribution in [0.1, 0.15) is 10.4 Å². The van der Waals surface area contributed by atoms with E-state index < -0.39 is 35.1 Å². The van der Waals surface area contributed by atoms with Crippen molar-refractivity contribution < 1.29 is 32.3 Å². The van der Waals surface area contributed by atoms with Crippen LogP contribution in [0.4, 0.5) is 23.2 Å². The van der Waals surface area contributed by atoms with Crippen molar-refractivity contribution in [3.8, 4) is 0 Å². The third-order valence-corrected chi connectivity index (χ3v) is 1.66. The van der Waals surface area contributed by atoms with Crippen LogP contribution >= 0.6 is 0 Å². The Balaban J connectivity index is 3.00. The van der Waals surface area contributed by atoms with Crippen LogP contribution in [0.5, 0.6) is 0 Å². The number of aromatic carboxylic acids is 1. The van der Waals surface area contributed by atoms with Gasteiger partial charge in [-0.05, 0) is 18.2 Å². The Bertz CT molecular complexity index is 470. The van der Waals surface area contributed by atoms with Crippen LogP contribution < -0.4 is 5.32 Å². The highest BCUT2D eigenvalue weighted by molar-refractivity contribution is 5.96. The number of hydrogen-bond donors (Lipinski definition) is 2. The molecule has 2 N–H and O–H groups in total. The lowest BCUT2D eigenvalue weighted by Gasteiger charge is -2.08. The van der Waals surface area contributed by atoms with Gasteiger partial charge in [0.25, 0.3) is 0 Å². The Kier molecular flexibility index (Phi) is 3.35. The molecule has 0 spiro atoms. The Labute approximate surface area is 91.9 Å². The molecule has 1 rings (SSSR count). The average Bonchev–Trinajstić information content (AvgIpc) is 2.14. The summed E-state index contributed by atoms with van der Waals surface area (Å²) in [5.74, 6) is -4.89. The third-order valence-electron chi connectivity index (χ3n) is 1.66. The van der Waals surface area contributed by atoms with Gasteiger partial charge in [0.05, 0.1) is 5.56 Å². The molecule has 0 saturated heterocycles. The van der Waals surface area contributed by atoms with Gasteiger partial charge in [-0.2, -0.15) is 13.2 Å². The van der Waals surface area contributed by atoms with Crippen LogP contribution in [0.25, 0.3) is 0 Å². The molecule has 0 heterocycles. The molecule has 0 aliphatic rings. The van der Waals surface area contributed by atoms with Gasteiger partial charge in [0.15, 0.2) is 0 Å². The fraction of sp³-hybridized carbons (Fsp3) is 0.111. The maximum absolute atomic E-state index is 12.8. The molecule has 0 radical (unpaired) electrons. The number of carbonyl (C=O) groups is 2. The van der Waals surface area contributed by atoms with Crippen molar-refractivity contribution in [2.75, 3.05) is 5.32 Å². The monoisotopic (exact) mass is 251 g/mol. The number of carboxylic acids is 1. The van der Waals surface area contributed by atoms with Gasteiger partial charge in [0, 0.05) is 5.69 Å². The highest BCUT2D eigenvalue weighted by Gasteiger charge is 2.38. The summed E-state index contributed by atoms with van der Waals surface area (Å²) in [5.41, 5.74) is -1.15. The first-order chi connectivity index (χ1) is 7.70. The van der Waals surface area contributed by atoms with E-state index in [4.69, 9.17) is 5.11 Å². The first kappa shape index (κ1) is 12.9. The smallest absolute Gasteiger partial charge is 0.471 e. The van der Waals surface area contributed by atoms with Crippen LogP contribution in [0, 0.1) is 5.82 Å². The normalized spacial score (nSPS) is 11.1. The predicted molar refractivity (Wildman–Crippen MR) is 48.0 cm³/mol. The molecule has 0 aliphatic heterocycles. The number of amides is 1. The zero-order valence-electron chi connectivity index (χ0n) is 8.01. The lowest BCUT2D eigenvalue weighted by Crippen LogP contribution is -2.30. The summed E-state index contributed by atoms with van der Waals surface area (Å²) in [6.07, 6.45) is -5.13. The Morgan fingerprint density at radius 2 is 1.76 bits per heavy atom. The first-order valence-electron chi connectivity index (χ1n) is 4.12. The molecule has 4 nitrogen and oxygen atoms in total. The molecule has 8 heteroatoms. The summed E-state index contributed by atoms with van der Waals surface area (Å²) in [6.45, 7) is 0. The summed E-state index contributed by atoms with van der Waals surface area (Å²) in [6, 6.07) is 1.91. The standard InChI is InChI=1S/C9H5F4NO3/c10-5-1-4(7(15)16)2-6(3-5)14-8(17)9(11,12)13/h1-3H,(H,14,17)(H,15,16). The van der Waals surface area contributed by atoms with Gasteiger partial charge in [-0.15, -0.1) is 0 Å². The minimum Gasteiger partial charge on any atom is -0.478 e. The summed E-state index contributed by atoms with van der Waals surface area (Å²) in [7, 11) is 0. The quantitative estimate of drug-likeness (QED) is 0.790. The van der Waals surface area contributed by atoms with Crippen molar-refractivity contribution >= 4 is 17.6 Å². The largest absolute Gasteiger partial charge is 0.478 e. The maximum atomic E-state index is 12.8. The van der Waals surface area contributed by atoms with Gasteiger partial charge >= 0.3 is 18.1 Å². The zero-order valence-corrected chi connectivity index (χ0v) is 8.01. The van der Waals surface area contributed by atoms with Crippen molar-refractivity contribution in [1.29, 1.82) is 0 Å². The summed E-state index contributed by atoms with van der Waals surface area (Å²) in [5, 5.41) is 9.88. The average molecular weight is 251 g/mol. The van der Waals surface area contributed by atoms with E-state index in [0.717, 1.165) is 6.07 Å². The molecule has 0 saturated carbocycles. The Morgan fingerprint density at radius 1 is 1.18 bits per heavy atom. The van der Waals surface area contributed by atoms with Crippen LogP contribution in [-0.4, -0.2) is 23.2 Å². The van der Waals surface area contributed by atoms with Gasteiger partial charge < -0.3 is 10.4 Å². The van der Waals surface area contributed by atoms with Crippen molar-refractivity contribution in [2.45, 2.75) is 6.18 Å². The highest BCUT2D eigenvalue weighted by Crippen LogP contribution is 2.20. The topological polar surface area (TPSA) is 66.4 Å². The SMILES string of the molecule is O=C(O)c1cc(F)cc(NC(=O)C(F)(F)F)c1. The lowest BCUT2D eigenvalue weighted by atomic mass is 10.2. The van der Waals surface area contributed by atoms with Crippen LogP contribution in [0.2, 0.25) is 0 Å². The molecule has 1 amide bonds. The molecule has 1 aromatic carbocycles. The molecule has 0 bridgehead atoms. The van der Waals surface area contributed by atoms with Crippen molar-refractivity contribution in [3.63, 3.8) is 0 Å². The lowest BCUT2D eigenvalue weighted by molar-refractivity contribution is -0.167. The van der Waals surface area contributed by atoms with E-state index in [-0.39, 0.29) is 0 Å². The number of halogens is 4. The second kappa shape index (κ2) is 4.40. The van der Waals surface area contributed by atoms with E-state index in [0.29, 0.717) is 12.1 Å². The van der Waals surface area contributed by atoms with Crippen molar-refractivity contribution in [3.05, 3.63) is 29.6 Å². The molecular formula is C9H5F4NO3. The number of alkyl halides is 3. The van der Waals surface area contributed by atoms with Gasteiger partial charge in [-0.1, -0.05) is 0 Å². The van der Waals surface area contributed by atoms with Crippen molar-refractivity contribution in [2.24, 2.45) is 0 Å². The first-order valence-corrected chi connectivity index (χ1v) is 4.12. The summed E-state index contributed by atoms with van der Waals surface area (Å²) >= 11 is 0. The Morgan fingerprint density at radius 3 is 2.24 bits per heavy atom. The zero-order chi connectivity index (χ0) is 13.2. The molecule has 0 aliphatic carbocycles. The summed E-state index contributed by atoms with van der Waals surface area (Å²) in [4.78, 5) is 21.0. The minimum absolute atomic E-state index is 0.567. The van der Waals surface area contributed by atoms with E-state index in [1.807, 2.05) is 0 Å². The molecule has 92 valence electrons. The highest BCUT2D eigenvalue weighted by atomic mass is 19.4. The van der Waals surface area contributed by atoms with E-state index in [1.54, 1.807) is 0 Å². The summed E-state index contributed by atoms with van der Waals surface area (Å²) < 4.78 is 48.5. The van der Waals surface area contributed by atoms with Gasteiger partial charge in [-0.3, -0.25) is 4.79 Å². The number of rotatable bonds is 2.